The molecular formula is C13H11BrN4OS. The van der Waals surface area contributed by atoms with Crippen LogP contribution in [0.1, 0.15) is 5.56 Å². The monoisotopic (exact) mass is 350 g/mol. The number of thioether (sulfide) groups is 1. The highest BCUT2D eigenvalue weighted by atomic mass is 79.9. The molecule has 0 aliphatic heterocycles. The third-order valence-electron chi connectivity index (χ3n) is 2.13. The van der Waals surface area contributed by atoms with Crippen molar-refractivity contribution in [2.75, 3.05) is 5.75 Å². The Hall–Kier alpha value is -1.73. The number of halogens is 1. The number of carbonyl (C=O) groups is 1. The summed E-state index contributed by atoms with van der Waals surface area (Å²) in [5, 5.41) is 4.46. The maximum Gasteiger partial charge on any atom is 0.250 e. The van der Waals surface area contributed by atoms with Gasteiger partial charge >= 0.3 is 0 Å². The topological polar surface area (TPSA) is 67.2 Å². The van der Waals surface area contributed by atoms with Crippen LogP contribution in [0.4, 0.5) is 0 Å². The minimum Gasteiger partial charge on any atom is -0.272 e. The number of hydrogen-bond donors (Lipinski definition) is 1. The quantitative estimate of drug-likeness (QED) is 0.389. The first kappa shape index (κ1) is 14.7. The molecule has 0 bridgehead atoms. The molecule has 7 heteroatoms. The fourth-order valence-electron chi connectivity index (χ4n) is 1.29. The minimum atomic E-state index is -0.200. The van der Waals surface area contributed by atoms with E-state index in [0.717, 1.165) is 10.0 Å². The number of hydrazone groups is 1. The van der Waals surface area contributed by atoms with Gasteiger partial charge in [-0.1, -0.05) is 39.8 Å². The smallest absolute Gasteiger partial charge is 0.250 e. The summed E-state index contributed by atoms with van der Waals surface area (Å²) in [5.41, 5.74) is 3.36. The molecule has 0 spiro atoms. The number of carbonyl (C=O) groups excluding carboxylic acids is 1. The molecule has 102 valence electrons. The number of nitrogens with one attached hydrogen (secondary N) is 1. The lowest BCUT2D eigenvalue weighted by Gasteiger charge is -1.99. The van der Waals surface area contributed by atoms with E-state index in [2.05, 4.69) is 36.4 Å². The third kappa shape index (κ3) is 5.10. The van der Waals surface area contributed by atoms with Crippen LogP contribution in [0, 0.1) is 0 Å². The zero-order valence-electron chi connectivity index (χ0n) is 10.4. The number of amides is 1. The number of rotatable bonds is 5. The number of hydrogen-bond acceptors (Lipinski definition) is 5. The lowest BCUT2D eigenvalue weighted by molar-refractivity contribution is -0.118. The van der Waals surface area contributed by atoms with Gasteiger partial charge < -0.3 is 0 Å². The fourth-order valence-corrected chi connectivity index (χ4v) is 2.30. The Balaban J connectivity index is 1.78. The zero-order chi connectivity index (χ0) is 14.2. The van der Waals surface area contributed by atoms with Crippen molar-refractivity contribution in [3.05, 3.63) is 52.8 Å². The average Bonchev–Trinajstić information content (AvgIpc) is 2.46. The van der Waals surface area contributed by atoms with Gasteiger partial charge in [-0.3, -0.25) is 4.79 Å². The SMILES string of the molecule is O=C(CSc1ncccn1)N/N=C/c1cccc(Br)c1. The van der Waals surface area contributed by atoms with E-state index in [9.17, 15) is 4.79 Å². The Morgan fingerprint density at radius 1 is 1.35 bits per heavy atom. The molecule has 1 aromatic carbocycles. The van der Waals surface area contributed by atoms with Crippen molar-refractivity contribution in [2.24, 2.45) is 5.10 Å². The molecule has 2 rings (SSSR count). The van der Waals surface area contributed by atoms with Crippen LogP contribution < -0.4 is 5.43 Å². The summed E-state index contributed by atoms with van der Waals surface area (Å²) in [6.45, 7) is 0. The normalized spacial score (nSPS) is 10.7. The highest BCUT2D eigenvalue weighted by Gasteiger charge is 2.02. The highest BCUT2D eigenvalue weighted by Crippen LogP contribution is 2.10. The molecule has 0 saturated heterocycles. The van der Waals surface area contributed by atoms with Crippen LogP contribution in [0.5, 0.6) is 0 Å². The Morgan fingerprint density at radius 2 is 2.15 bits per heavy atom. The summed E-state index contributed by atoms with van der Waals surface area (Å²) in [5.74, 6) is 0.0218. The molecular weight excluding hydrogens is 340 g/mol. The molecule has 1 aromatic heterocycles. The summed E-state index contributed by atoms with van der Waals surface area (Å²) in [6.07, 6.45) is 4.86. The van der Waals surface area contributed by atoms with Gasteiger partial charge in [0.2, 0.25) is 0 Å². The number of benzene rings is 1. The van der Waals surface area contributed by atoms with E-state index in [1.807, 2.05) is 24.3 Å². The Morgan fingerprint density at radius 3 is 2.90 bits per heavy atom. The van der Waals surface area contributed by atoms with E-state index in [0.29, 0.717) is 5.16 Å². The molecule has 1 amide bonds. The zero-order valence-corrected chi connectivity index (χ0v) is 12.8. The molecule has 5 nitrogen and oxygen atoms in total. The van der Waals surface area contributed by atoms with Crippen molar-refractivity contribution < 1.29 is 4.79 Å². The predicted molar refractivity (Wildman–Crippen MR) is 82.6 cm³/mol. The van der Waals surface area contributed by atoms with Crippen LogP contribution in [0.2, 0.25) is 0 Å². The van der Waals surface area contributed by atoms with E-state index >= 15 is 0 Å². The minimum absolute atomic E-state index is 0.200. The van der Waals surface area contributed by atoms with Gasteiger partial charge in [0.05, 0.1) is 12.0 Å². The van der Waals surface area contributed by atoms with Crippen molar-refractivity contribution in [3.63, 3.8) is 0 Å². The van der Waals surface area contributed by atoms with Gasteiger partial charge in [-0.05, 0) is 23.8 Å². The number of aromatic nitrogens is 2. The van der Waals surface area contributed by atoms with E-state index in [-0.39, 0.29) is 11.7 Å². The Kier molecular flexibility index (Phi) is 5.69. The molecule has 0 aliphatic carbocycles. The maximum absolute atomic E-state index is 11.6. The number of nitrogens with zero attached hydrogens (tertiary/aromatic N) is 3. The molecule has 0 unspecified atom stereocenters. The van der Waals surface area contributed by atoms with Crippen molar-refractivity contribution >= 4 is 39.8 Å². The second kappa shape index (κ2) is 7.76. The van der Waals surface area contributed by atoms with E-state index < -0.39 is 0 Å². The van der Waals surface area contributed by atoms with E-state index in [1.165, 1.54) is 11.8 Å². The second-order valence-corrected chi connectivity index (χ2v) is 5.53. The first-order chi connectivity index (χ1) is 9.74. The van der Waals surface area contributed by atoms with Gasteiger partial charge in [-0.15, -0.1) is 0 Å². The van der Waals surface area contributed by atoms with Crippen molar-refractivity contribution in [3.8, 4) is 0 Å². The molecule has 1 heterocycles. The average molecular weight is 351 g/mol. The summed E-state index contributed by atoms with van der Waals surface area (Å²) < 4.78 is 0.963. The van der Waals surface area contributed by atoms with Crippen molar-refractivity contribution in [2.45, 2.75) is 5.16 Å². The fraction of sp³-hybridized carbons (Fsp3) is 0.0769. The van der Waals surface area contributed by atoms with Gasteiger partial charge in [0.15, 0.2) is 5.16 Å². The first-order valence-corrected chi connectivity index (χ1v) is 7.49. The predicted octanol–water partition coefficient (Wildman–Crippen LogP) is 2.48. The van der Waals surface area contributed by atoms with E-state index in [4.69, 9.17) is 0 Å². The standard InChI is InChI=1S/C13H11BrN4OS/c14-11-4-1-3-10(7-11)8-17-18-12(19)9-20-13-15-5-2-6-16-13/h1-8H,9H2,(H,18,19)/b17-8+. The second-order valence-electron chi connectivity index (χ2n) is 3.67. The Labute approximate surface area is 129 Å². The molecule has 0 radical (unpaired) electrons. The van der Waals surface area contributed by atoms with E-state index in [1.54, 1.807) is 24.7 Å². The maximum atomic E-state index is 11.6. The highest BCUT2D eigenvalue weighted by molar-refractivity contribution is 9.10. The van der Waals surface area contributed by atoms with Crippen LogP contribution in [0.15, 0.2) is 57.5 Å². The van der Waals surface area contributed by atoms with Gasteiger partial charge in [-0.25, -0.2) is 15.4 Å². The van der Waals surface area contributed by atoms with Gasteiger partial charge in [0.25, 0.3) is 5.91 Å². The van der Waals surface area contributed by atoms with Crippen LogP contribution in [0.3, 0.4) is 0 Å². The molecule has 0 fully saturated rings. The summed E-state index contributed by atoms with van der Waals surface area (Å²) in [6, 6.07) is 9.35. The van der Waals surface area contributed by atoms with Crippen LogP contribution in [0.25, 0.3) is 0 Å². The molecule has 0 aliphatic rings. The van der Waals surface area contributed by atoms with Gasteiger partial charge in [-0.2, -0.15) is 5.10 Å². The largest absolute Gasteiger partial charge is 0.272 e. The molecule has 20 heavy (non-hydrogen) atoms. The summed E-state index contributed by atoms with van der Waals surface area (Å²) >= 11 is 4.63. The van der Waals surface area contributed by atoms with Gasteiger partial charge in [0.1, 0.15) is 0 Å². The van der Waals surface area contributed by atoms with Crippen LogP contribution in [-0.2, 0) is 4.79 Å². The van der Waals surface area contributed by atoms with Crippen LogP contribution >= 0.6 is 27.7 Å². The molecule has 2 aromatic rings. The van der Waals surface area contributed by atoms with Crippen molar-refractivity contribution in [1.29, 1.82) is 0 Å². The molecule has 1 N–H and O–H groups in total. The lowest BCUT2D eigenvalue weighted by atomic mass is 10.2. The molecule has 0 saturated carbocycles. The first-order valence-electron chi connectivity index (χ1n) is 5.71. The van der Waals surface area contributed by atoms with Crippen molar-refractivity contribution in [1.82, 2.24) is 15.4 Å². The van der Waals surface area contributed by atoms with Gasteiger partial charge in [0, 0.05) is 16.9 Å². The lowest BCUT2D eigenvalue weighted by Crippen LogP contribution is -2.19. The summed E-state index contributed by atoms with van der Waals surface area (Å²) in [7, 11) is 0. The van der Waals surface area contributed by atoms with Crippen LogP contribution in [-0.4, -0.2) is 27.8 Å². The third-order valence-corrected chi connectivity index (χ3v) is 3.49. The summed E-state index contributed by atoms with van der Waals surface area (Å²) in [4.78, 5) is 19.6. The Bertz CT molecular complexity index is 606. The molecule has 0 atom stereocenters.